The Morgan fingerprint density at radius 1 is 1.29 bits per heavy atom. The van der Waals surface area contributed by atoms with Gasteiger partial charge in [-0.1, -0.05) is 13.0 Å². The maximum Gasteiger partial charge on any atom is 0.419 e. The fourth-order valence-electron chi connectivity index (χ4n) is 2.78. The molecular formula is C15H17F4NO. The van der Waals surface area contributed by atoms with Gasteiger partial charge in [-0.25, -0.2) is 4.39 Å². The first-order valence-corrected chi connectivity index (χ1v) is 6.88. The van der Waals surface area contributed by atoms with Crippen LogP contribution in [0.15, 0.2) is 18.2 Å². The number of carbonyl (C=O) groups excluding carboxylic acids is 1. The molecule has 0 radical (unpaired) electrons. The van der Waals surface area contributed by atoms with Gasteiger partial charge < -0.3 is 4.90 Å². The van der Waals surface area contributed by atoms with Crippen LogP contribution in [0.25, 0.3) is 0 Å². The molecule has 2 rings (SSSR count). The molecule has 0 bridgehead atoms. The summed E-state index contributed by atoms with van der Waals surface area (Å²) in [4.78, 5) is 13.8. The van der Waals surface area contributed by atoms with Crippen molar-refractivity contribution in [1.82, 2.24) is 4.90 Å². The summed E-state index contributed by atoms with van der Waals surface area (Å²) in [6.45, 7) is 4.33. The monoisotopic (exact) mass is 303 g/mol. The van der Waals surface area contributed by atoms with E-state index in [9.17, 15) is 22.4 Å². The SMILES string of the molecule is CC1CCN(C(=O)c2cccc(C(F)(F)F)c2F)C(C)C1. The van der Waals surface area contributed by atoms with Crippen LogP contribution in [0, 0.1) is 11.7 Å². The van der Waals surface area contributed by atoms with Crippen molar-refractivity contribution in [2.45, 2.75) is 38.9 Å². The van der Waals surface area contributed by atoms with Crippen LogP contribution >= 0.6 is 0 Å². The quantitative estimate of drug-likeness (QED) is 0.715. The van der Waals surface area contributed by atoms with E-state index in [4.69, 9.17) is 0 Å². The summed E-state index contributed by atoms with van der Waals surface area (Å²) in [6.07, 6.45) is -3.26. The third-order valence-electron chi connectivity index (χ3n) is 3.93. The second-order valence-corrected chi connectivity index (χ2v) is 5.64. The maximum absolute atomic E-state index is 14.0. The van der Waals surface area contributed by atoms with Crippen molar-refractivity contribution in [1.29, 1.82) is 0 Å². The predicted octanol–water partition coefficient (Wildman–Crippen LogP) is 4.11. The van der Waals surface area contributed by atoms with E-state index in [0.29, 0.717) is 18.5 Å². The summed E-state index contributed by atoms with van der Waals surface area (Å²) < 4.78 is 52.1. The normalized spacial score (nSPS) is 23.2. The van der Waals surface area contributed by atoms with Crippen molar-refractivity contribution < 1.29 is 22.4 Å². The number of amides is 1. The number of hydrogen-bond donors (Lipinski definition) is 0. The average Bonchev–Trinajstić information content (AvgIpc) is 2.37. The second-order valence-electron chi connectivity index (χ2n) is 5.64. The number of piperidine rings is 1. The minimum absolute atomic E-state index is 0.102. The minimum atomic E-state index is -4.80. The first-order chi connectivity index (χ1) is 9.71. The Balaban J connectivity index is 2.32. The molecule has 6 heteroatoms. The lowest BCUT2D eigenvalue weighted by Gasteiger charge is -2.36. The van der Waals surface area contributed by atoms with E-state index in [1.807, 2.05) is 6.92 Å². The third-order valence-corrected chi connectivity index (χ3v) is 3.93. The number of rotatable bonds is 1. The first kappa shape index (κ1) is 15.8. The van der Waals surface area contributed by atoms with E-state index in [-0.39, 0.29) is 6.04 Å². The maximum atomic E-state index is 14.0. The third kappa shape index (κ3) is 3.19. The lowest BCUT2D eigenvalue weighted by atomic mass is 9.92. The summed E-state index contributed by atoms with van der Waals surface area (Å²) in [5.41, 5.74) is -1.90. The molecule has 116 valence electrons. The van der Waals surface area contributed by atoms with E-state index < -0.39 is 29.0 Å². The zero-order chi connectivity index (χ0) is 15.8. The fraction of sp³-hybridized carbons (Fsp3) is 0.533. The zero-order valence-corrected chi connectivity index (χ0v) is 11.9. The number of hydrogen-bond acceptors (Lipinski definition) is 1. The van der Waals surface area contributed by atoms with Gasteiger partial charge in [0.05, 0.1) is 11.1 Å². The molecule has 1 aliphatic heterocycles. The molecule has 0 aromatic heterocycles. The van der Waals surface area contributed by atoms with Crippen LogP contribution < -0.4 is 0 Å². The van der Waals surface area contributed by atoms with E-state index in [1.54, 1.807) is 0 Å². The number of likely N-dealkylation sites (tertiary alicyclic amines) is 1. The van der Waals surface area contributed by atoms with Crippen LogP contribution in [0.2, 0.25) is 0 Å². The highest BCUT2D eigenvalue weighted by Crippen LogP contribution is 2.33. The van der Waals surface area contributed by atoms with Crippen molar-refractivity contribution in [3.63, 3.8) is 0 Å². The van der Waals surface area contributed by atoms with Crippen LogP contribution in [-0.4, -0.2) is 23.4 Å². The number of benzene rings is 1. The molecule has 0 spiro atoms. The summed E-state index contributed by atoms with van der Waals surface area (Å²) in [6, 6.07) is 2.72. The van der Waals surface area contributed by atoms with E-state index in [0.717, 1.165) is 25.0 Å². The highest BCUT2D eigenvalue weighted by atomic mass is 19.4. The number of alkyl halides is 3. The van der Waals surface area contributed by atoms with Gasteiger partial charge in [0.1, 0.15) is 5.82 Å². The molecule has 0 N–H and O–H groups in total. The molecule has 1 heterocycles. The largest absolute Gasteiger partial charge is 0.419 e. The second kappa shape index (κ2) is 5.66. The topological polar surface area (TPSA) is 20.3 Å². The predicted molar refractivity (Wildman–Crippen MR) is 70.3 cm³/mol. The summed E-state index contributed by atoms with van der Waals surface area (Å²) in [5.74, 6) is -1.70. The molecule has 1 saturated heterocycles. The Bertz CT molecular complexity index is 541. The Morgan fingerprint density at radius 3 is 2.52 bits per heavy atom. The minimum Gasteiger partial charge on any atom is -0.336 e. The van der Waals surface area contributed by atoms with E-state index in [1.165, 1.54) is 4.90 Å². The van der Waals surface area contributed by atoms with Crippen molar-refractivity contribution in [3.8, 4) is 0 Å². The molecule has 2 atom stereocenters. The van der Waals surface area contributed by atoms with Crippen LogP contribution in [0.3, 0.4) is 0 Å². The van der Waals surface area contributed by atoms with E-state index in [2.05, 4.69) is 6.92 Å². The fourth-order valence-corrected chi connectivity index (χ4v) is 2.78. The van der Waals surface area contributed by atoms with Gasteiger partial charge in [0.15, 0.2) is 0 Å². The molecule has 1 fully saturated rings. The summed E-state index contributed by atoms with van der Waals surface area (Å²) in [5, 5.41) is 0. The standard InChI is InChI=1S/C15H17F4NO/c1-9-6-7-20(10(2)8-9)14(21)11-4-3-5-12(13(11)16)15(17,18)19/h3-5,9-10H,6-8H2,1-2H3. The Kier molecular flexibility index (Phi) is 4.25. The van der Waals surface area contributed by atoms with Gasteiger partial charge in [-0.05, 0) is 37.8 Å². The van der Waals surface area contributed by atoms with Crippen molar-refractivity contribution >= 4 is 5.91 Å². The van der Waals surface area contributed by atoms with Gasteiger partial charge >= 0.3 is 6.18 Å². The molecule has 1 aliphatic rings. The van der Waals surface area contributed by atoms with Crippen molar-refractivity contribution in [2.24, 2.45) is 5.92 Å². The highest BCUT2D eigenvalue weighted by Gasteiger charge is 2.37. The molecule has 1 aromatic carbocycles. The molecular weight excluding hydrogens is 286 g/mol. The lowest BCUT2D eigenvalue weighted by molar-refractivity contribution is -0.140. The zero-order valence-electron chi connectivity index (χ0n) is 11.9. The molecule has 0 saturated carbocycles. The Hall–Kier alpha value is -1.59. The Morgan fingerprint density at radius 2 is 1.95 bits per heavy atom. The average molecular weight is 303 g/mol. The number of halogens is 4. The van der Waals surface area contributed by atoms with Crippen molar-refractivity contribution in [2.75, 3.05) is 6.54 Å². The molecule has 2 nitrogen and oxygen atoms in total. The van der Waals surface area contributed by atoms with Crippen LogP contribution in [0.1, 0.15) is 42.6 Å². The van der Waals surface area contributed by atoms with Crippen LogP contribution in [0.4, 0.5) is 17.6 Å². The number of carbonyl (C=O) groups is 1. The van der Waals surface area contributed by atoms with Gasteiger partial charge in [0.2, 0.25) is 0 Å². The first-order valence-electron chi connectivity index (χ1n) is 6.88. The lowest BCUT2D eigenvalue weighted by Crippen LogP contribution is -2.44. The Labute approximate surface area is 120 Å². The number of nitrogens with zero attached hydrogens (tertiary/aromatic N) is 1. The van der Waals surface area contributed by atoms with Gasteiger partial charge in [-0.2, -0.15) is 13.2 Å². The van der Waals surface area contributed by atoms with Gasteiger partial charge in [0.25, 0.3) is 5.91 Å². The molecule has 0 aliphatic carbocycles. The van der Waals surface area contributed by atoms with Crippen LogP contribution in [0.5, 0.6) is 0 Å². The van der Waals surface area contributed by atoms with Gasteiger partial charge in [-0.3, -0.25) is 4.79 Å². The molecule has 21 heavy (non-hydrogen) atoms. The summed E-state index contributed by atoms with van der Waals surface area (Å²) >= 11 is 0. The van der Waals surface area contributed by atoms with Gasteiger partial charge in [0, 0.05) is 12.6 Å². The molecule has 1 aromatic rings. The molecule has 2 unspecified atom stereocenters. The molecule has 1 amide bonds. The smallest absolute Gasteiger partial charge is 0.336 e. The van der Waals surface area contributed by atoms with Gasteiger partial charge in [-0.15, -0.1) is 0 Å². The highest BCUT2D eigenvalue weighted by molar-refractivity contribution is 5.95. The van der Waals surface area contributed by atoms with Crippen LogP contribution in [-0.2, 0) is 6.18 Å². The summed E-state index contributed by atoms with van der Waals surface area (Å²) in [7, 11) is 0. The van der Waals surface area contributed by atoms with E-state index >= 15 is 0 Å². The van der Waals surface area contributed by atoms with Crippen molar-refractivity contribution in [3.05, 3.63) is 35.1 Å².